The molecule has 0 aliphatic carbocycles. The fraction of sp³-hybridized carbons (Fsp3) is 0.846. The summed E-state index contributed by atoms with van der Waals surface area (Å²) in [6.45, 7) is 3.59. The van der Waals surface area contributed by atoms with Crippen LogP contribution in [-0.2, 0) is 4.79 Å². The van der Waals surface area contributed by atoms with Gasteiger partial charge in [-0.15, -0.1) is 0 Å². The molecule has 2 rings (SSSR count). The first kappa shape index (κ1) is 13.2. The number of hydrogen-bond acceptors (Lipinski definition) is 2. The molecular formula is C13H23N3O2. The Hall–Kier alpha value is -1.26. The highest BCUT2D eigenvalue weighted by Gasteiger charge is 2.24. The fourth-order valence-electron chi connectivity index (χ4n) is 2.66. The Balaban J connectivity index is 1.80. The number of rotatable bonds is 2. The third-order valence-electron chi connectivity index (χ3n) is 3.78. The average Bonchev–Trinajstić information content (AvgIpc) is 2.92. The van der Waals surface area contributed by atoms with Crippen LogP contribution >= 0.6 is 0 Å². The van der Waals surface area contributed by atoms with Crippen LogP contribution in [0, 0.1) is 0 Å². The number of urea groups is 1. The Morgan fingerprint density at radius 2 is 1.39 bits per heavy atom. The second kappa shape index (κ2) is 6.07. The minimum atomic E-state index is 0.00208. The van der Waals surface area contributed by atoms with Crippen molar-refractivity contribution in [2.24, 2.45) is 0 Å². The summed E-state index contributed by atoms with van der Waals surface area (Å²) in [5, 5.41) is 0. The van der Waals surface area contributed by atoms with Crippen molar-refractivity contribution in [3.05, 3.63) is 0 Å². The number of likely N-dealkylation sites (N-methyl/N-ethyl adjacent to an activating group) is 1. The molecular weight excluding hydrogens is 230 g/mol. The number of carbonyl (C=O) groups excluding carboxylic acids is 2. The largest absolute Gasteiger partial charge is 0.341 e. The molecule has 18 heavy (non-hydrogen) atoms. The van der Waals surface area contributed by atoms with Gasteiger partial charge in [-0.25, -0.2) is 4.79 Å². The molecule has 3 amide bonds. The SMILES string of the molecule is CN(CC(=O)N1CCCC1)C(=O)N1CCCCC1. The summed E-state index contributed by atoms with van der Waals surface area (Å²) in [6, 6.07) is 0.00208. The van der Waals surface area contributed by atoms with Crippen LogP contribution in [0.4, 0.5) is 4.79 Å². The normalized spacial score (nSPS) is 20.1. The van der Waals surface area contributed by atoms with E-state index in [1.807, 2.05) is 9.80 Å². The average molecular weight is 253 g/mol. The molecule has 0 spiro atoms. The maximum atomic E-state index is 12.1. The van der Waals surface area contributed by atoms with Crippen LogP contribution in [0.1, 0.15) is 32.1 Å². The van der Waals surface area contributed by atoms with E-state index in [0.717, 1.165) is 51.9 Å². The molecule has 2 saturated heterocycles. The van der Waals surface area contributed by atoms with Crippen molar-refractivity contribution in [2.75, 3.05) is 39.8 Å². The molecule has 5 heteroatoms. The first-order valence-corrected chi connectivity index (χ1v) is 6.96. The Kier molecular flexibility index (Phi) is 4.44. The first-order chi connectivity index (χ1) is 8.68. The van der Waals surface area contributed by atoms with Crippen LogP contribution in [0.5, 0.6) is 0 Å². The Morgan fingerprint density at radius 1 is 0.889 bits per heavy atom. The molecule has 2 fully saturated rings. The Labute approximate surface area is 109 Å². The van der Waals surface area contributed by atoms with Crippen molar-refractivity contribution in [3.63, 3.8) is 0 Å². The van der Waals surface area contributed by atoms with Gasteiger partial charge in [-0.05, 0) is 32.1 Å². The molecule has 2 heterocycles. The van der Waals surface area contributed by atoms with Crippen molar-refractivity contribution in [2.45, 2.75) is 32.1 Å². The van der Waals surface area contributed by atoms with E-state index in [0.29, 0.717) is 0 Å². The molecule has 102 valence electrons. The van der Waals surface area contributed by atoms with Crippen molar-refractivity contribution >= 4 is 11.9 Å². The predicted molar refractivity (Wildman–Crippen MR) is 69.3 cm³/mol. The van der Waals surface area contributed by atoms with Gasteiger partial charge in [0.1, 0.15) is 6.54 Å². The Bertz CT molecular complexity index is 307. The van der Waals surface area contributed by atoms with Crippen molar-refractivity contribution in [3.8, 4) is 0 Å². The minimum Gasteiger partial charge on any atom is -0.341 e. The zero-order chi connectivity index (χ0) is 13.0. The summed E-state index contributed by atoms with van der Waals surface area (Å²) in [4.78, 5) is 29.4. The van der Waals surface area contributed by atoms with Crippen LogP contribution in [0.25, 0.3) is 0 Å². The maximum Gasteiger partial charge on any atom is 0.320 e. The second-order valence-electron chi connectivity index (χ2n) is 5.27. The van der Waals surface area contributed by atoms with Crippen LogP contribution in [0.3, 0.4) is 0 Å². The number of amides is 3. The summed E-state index contributed by atoms with van der Waals surface area (Å²) < 4.78 is 0. The number of carbonyl (C=O) groups is 2. The molecule has 0 N–H and O–H groups in total. The van der Waals surface area contributed by atoms with E-state index in [9.17, 15) is 9.59 Å². The molecule has 5 nitrogen and oxygen atoms in total. The lowest BCUT2D eigenvalue weighted by atomic mass is 10.1. The van der Waals surface area contributed by atoms with Gasteiger partial charge in [-0.3, -0.25) is 4.79 Å². The highest BCUT2D eigenvalue weighted by atomic mass is 16.2. The van der Waals surface area contributed by atoms with Gasteiger partial charge in [-0.1, -0.05) is 0 Å². The van der Waals surface area contributed by atoms with E-state index in [2.05, 4.69) is 0 Å². The molecule has 2 aliphatic heterocycles. The van der Waals surface area contributed by atoms with Crippen molar-refractivity contribution in [1.29, 1.82) is 0 Å². The number of likely N-dealkylation sites (tertiary alicyclic amines) is 2. The third kappa shape index (κ3) is 3.15. The fourth-order valence-corrected chi connectivity index (χ4v) is 2.66. The minimum absolute atomic E-state index is 0.00208. The van der Waals surface area contributed by atoms with E-state index in [1.165, 1.54) is 6.42 Å². The summed E-state index contributed by atoms with van der Waals surface area (Å²) in [5.74, 6) is 0.0837. The van der Waals surface area contributed by atoms with Crippen molar-refractivity contribution in [1.82, 2.24) is 14.7 Å². The number of piperidine rings is 1. The van der Waals surface area contributed by atoms with E-state index in [-0.39, 0.29) is 18.5 Å². The lowest BCUT2D eigenvalue weighted by molar-refractivity contribution is -0.130. The first-order valence-electron chi connectivity index (χ1n) is 6.96. The smallest absolute Gasteiger partial charge is 0.320 e. The van der Waals surface area contributed by atoms with Crippen LogP contribution in [-0.4, -0.2) is 66.4 Å². The summed E-state index contributed by atoms with van der Waals surface area (Å²) >= 11 is 0. The van der Waals surface area contributed by atoms with Crippen LogP contribution < -0.4 is 0 Å². The highest BCUT2D eigenvalue weighted by Crippen LogP contribution is 2.12. The Morgan fingerprint density at radius 3 is 2.00 bits per heavy atom. The van der Waals surface area contributed by atoms with Gasteiger partial charge in [-0.2, -0.15) is 0 Å². The molecule has 0 bridgehead atoms. The van der Waals surface area contributed by atoms with Crippen molar-refractivity contribution < 1.29 is 9.59 Å². The van der Waals surface area contributed by atoms with Crippen LogP contribution in [0.15, 0.2) is 0 Å². The van der Waals surface area contributed by atoms with Crippen LogP contribution in [0.2, 0.25) is 0 Å². The lowest BCUT2D eigenvalue weighted by Crippen LogP contribution is -2.47. The number of hydrogen-bond donors (Lipinski definition) is 0. The molecule has 0 unspecified atom stereocenters. The zero-order valence-corrected chi connectivity index (χ0v) is 11.2. The summed E-state index contributed by atoms with van der Waals surface area (Å²) in [5.41, 5.74) is 0. The van der Waals surface area contributed by atoms with E-state index >= 15 is 0 Å². The molecule has 2 aliphatic rings. The number of nitrogens with zero attached hydrogens (tertiary/aromatic N) is 3. The quantitative estimate of drug-likeness (QED) is 0.741. The third-order valence-corrected chi connectivity index (χ3v) is 3.78. The van der Waals surface area contributed by atoms with E-state index in [1.54, 1.807) is 11.9 Å². The van der Waals surface area contributed by atoms with Gasteiger partial charge in [0, 0.05) is 33.2 Å². The molecule has 0 aromatic rings. The molecule has 0 saturated carbocycles. The van der Waals surface area contributed by atoms with Gasteiger partial charge in [0.2, 0.25) is 5.91 Å². The summed E-state index contributed by atoms with van der Waals surface area (Å²) in [7, 11) is 1.73. The van der Waals surface area contributed by atoms with E-state index in [4.69, 9.17) is 0 Å². The topological polar surface area (TPSA) is 43.9 Å². The van der Waals surface area contributed by atoms with Gasteiger partial charge in [0.15, 0.2) is 0 Å². The zero-order valence-electron chi connectivity index (χ0n) is 11.2. The van der Waals surface area contributed by atoms with Gasteiger partial charge in [0.05, 0.1) is 0 Å². The van der Waals surface area contributed by atoms with Gasteiger partial charge < -0.3 is 14.7 Å². The molecule has 0 atom stereocenters. The van der Waals surface area contributed by atoms with Gasteiger partial charge in [0.25, 0.3) is 0 Å². The standard InChI is InChI=1S/C13H23N3O2/c1-14(11-12(17)15-7-5-6-8-15)13(18)16-9-3-2-4-10-16/h2-11H2,1H3. The highest BCUT2D eigenvalue weighted by molar-refractivity contribution is 5.84. The summed E-state index contributed by atoms with van der Waals surface area (Å²) in [6.07, 6.45) is 5.56. The van der Waals surface area contributed by atoms with Gasteiger partial charge >= 0.3 is 6.03 Å². The second-order valence-corrected chi connectivity index (χ2v) is 5.27. The van der Waals surface area contributed by atoms with E-state index < -0.39 is 0 Å². The predicted octanol–water partition coefficient (Wildman–Crippen LogP) is 1.15. The molecule has 0 aromatic heterocycles. The molecule has 0 radical (unpaired) electrons. The maximum absolute atomic E-state index is 12.1. The monoisotopic (exact) mass is 253 g/mol. The molecule has 0 aromatic carbocycles. The lowest BCUT2D eigenvalue weighted by Gasteiger charge is -2.31.